The quantitative estimate of drug-likeness (QED) is 0.524. The number of furan rings is 1. The molecule has 2 heterocycles. The molecule has 2 aromatic heterocycles. The van der Waals surface area contributed by atoms with E-state index in [2.05, 4.69) is 6.07 Å². The number of hydrogen-bond donors (Lipinski definition) is 1. The van der Waals surface area contributed by atoms with Crippen LogP contribution in [-0.4, -0.2) is 9.67 Å². The van der Waals surface area contributed by atoms with Crippen molar-refractivity contribution in [2.24, 2.45) is 0 Å². The van der Waals surface area contributed by atoms with E-state index in [1.54, 1.807) is 28.8 Å². The number of nitriles is 2. The van der Waals surface area contributed by atoms with Crippen molar-refractivity contribution in [1.82, 2.24) is 4.57 Å². The van der Waals surface area contributed by atoms with Crippen molar-refractivity contribution in [1.29, 1.82) is 10.5 Å². The van der Waals surface area contributed by atoms with Gasteiger partial charge in [-0.1, -0.05) is 29.8 Å². The van der Waals surface area contributed by atoms with Gasteiger partial charge >= 0.3 is 0 Å². The standard InChI is InChI=1S/C20H9ClFN3O2/c21-15-7-12(8-16(22)19(15)26)25-17-4-2-1-3-13(17)14(10-24)18(25)20-11(9-23)5-6-27-20/h1-8,26H. The summed E-state index contributed by atoms with van der Waals surface area (Å²) in [5, 5.41) is 29.2. The molecule has 0 atom stereocenters. The van der Waals surface area contributed by atoms with Crippen LogP contribution in [-0.2, 0) is 0 Å². The van der Waals surface area contributed by atoms with Gasteiger partial charge in [0.1, 0.15) is 17.8 Å². The Kier molecular flexibility index (Phi) is 3.84. The first-order valence-corrected chi connectivity index (χ1v) is 8.14. The number of fused-ring (bicyclic) bond motifs is 1. The molecule has 27 heavy (non-hydrogen) atoms. The van der Waals surface area contributed by atoms with E-state index in [4.69, 9.17) is 16.0 Å². The number of hydrogen-bond acceptors (Lipinski definition) is 4. The van der Waals surface area contributed by atoms with Crippen LogP contribution in [0.2, 0.25) is 5.02 Å². The van der Waals surface area contributed by atoms with Gasteiger partial charge in [-0.05, 0) is 18.2 Å². The van der Waals surface area contributed by atoms with Gasteiger partial charge in [0.2, 0.25) is 0 Å². The molecule has 0 aliphatic carbocycles. The molecule has 0 saturated carbocycles. The van der Waals surface area contributed by atoms with Gasteiger partial charge in [0.05, 0.1) is 33.6 Å². The third-order valence-corrected chi connectivity index (χ3v) is 4.54. The average Bonchev–Trinajstić information content (AvgIpc) is 3.26. The van der Waals surface area contributed by atoms with Gasteiger partial charge < -0.3 is 14.1 Å². The number of para-hydroxylation sites is 1. The summed E-state index contributed by atoms with van der Waals surface area (Å²) < 4.78 is 21.2. The highest BCUT2D eigenvalue weighted by atomic mass is 35.5. The Labute approximate surface area is 157 Å². The van der Waals surface area contributed by atoms with E-state index in [0.29, 0.717) is 16.6 Å². The maximum atomic E-state index is 14.1. The molecular weight excluding hydrogens is 369 g/mol. The number of rotatable bonds is 2. The first-order chi connectivity index (χ1) is 13.1. The van der Waals surface area contributed by atoms with Crippen molar-refractivity contribution in [3.8, 4) is 35.0 Å². The normalized spacial score (nSPS) is 10.7. The van der Waals surface area contributed by atoms with Crippen molar-refractivity contribution in [3.63, 3.8) is 0 Å². The lowest BCUT2D eigenvalue weighted by atomic mass is 10.1. The second kappa shape index (κ2) is 6.21. The Balaban J connectivity index is 2.20. The number of phenols is 1. The molecule has 0 fully saturated rings. The summed E-state index contributed by atoms with van der Waals surface area (Å²) in [4.78, 5) is 0. The highest BCUT2D eigenvalue weighted by Crippen LogP contribution is 2.39. The van der Waals surface area contributed by atoms with Gasteiger partial charge in [-0.3, -0.25) is 0 Å². The van der Waals surface area contributed by atoms with Crippen molar-refractivity contribution < 1.29 is 13.9 Å². The van der Waals surface area contributed by atoms with Gasteiger partial charge in [0.15, 0.2) is 17.3 Å². The third-order valence-electron chi connectivity index (χ3n) is 4.25. The van der Waals surface area contributed by atoms with E-state index in [1.807, 2.05) is 6.07 Å². The van der Waals surface area contributed by atoms with Crippen LogP contribution < -0.4 is 0 Å². The largest absolute Gasteiger partial charge is 0.504 e. The van der Waals surface area contributed by atoms with E-state index in [-0.39, 0.29) is 27.6 Å². The van der Waals surface area contributed by atoms with Crippen LogP contribution in [0, 0.1) is 28.5 Å². The molecule has 0 aliphatic heterocycles. The number of nitrogens with zero attached hydrogens (tertiary/aromatic N) is 3. The second-order valence-corrected chi connectivity index (χ2v) is 6.13. The van der Waals surface area contributed by atoms with Gasteiger partial charge in [-0.25, -0.2) is 4.39 Å². The predicted octanol–water partition coefficient (Wildman–Crippen LogP) is 5.13. The van der Waals surface area contributed by atoms with Crippen LogP contribution in [0.15, 0.2) is 53.1 Å². The highest BCUT2D eigenvalue weighted by Gasteiger charge is 2.25. The molecule has 0 saturated heterocycles. The van der Waals surface area contributed by atoms with Crippen LogP contribution in [0.1, 0.15) is 11.1 Å². The molecule has 0 radical (unpaired) electrons. The zero-order chi connectivity index (χ0) is 19.1. The Bertz CT molecular complexity index is 1270. The summed E-state index contributed by atoms with van der Waals surface area (Å²) in [6.45, 7) is 0. The van der Waals surface area contributed by atoms with Crippen LogP contribution >= 0.6 is 11.6 Å². The second-order valence-electron chi connectivity index (χ2n) is 5.72. The fourth-order valence-corrected chi connectivity index (χ4v) is 3.30. The molecular formula is C20H9ClFN3O2. The number of aromatic hydroxyl groups is 1. The summed E-state index contributed by atoms with van der Waals surface area (Å²) in [5.74, 6) is -1.37. The van der Waals surface area contributed by atoms with Gasteiger partial charge in [-0.15, -0.1) is 0 Å². The Morgan fingerprint density at radius 1 is 1.11 bits per heavy atom. The zero-order valence-corrected chi connectivity index (χ0v) is 14.3. The molecule has 0 aliphatic rings. The number of aromatic nitrogens is 1. The SMILES string of the molecule is N#Cc1ccoc1-c1c(C#N)c2ccccc2n1-c1cc(F)c(O)c(Cl)c1. The van der Waals surface area contributed by atoms with Gasteiger partial charge in [-0.2, -0.15) is 10.5 Å². The van der Waals surface area contributed by atoms with Crippen LogP contribution in [0.5, 0.6) is 5.75 Å². The third kappa shape index (κ3) is 2.43. The monoisotopic (exact) mass is 377 g/mol. The molecule has 0 bridgehead atoms. The van der Waals surface area contributed by atoms with Crippen LogP contribution in [0.3, 0.4) is 0 Å². The fourth-order valence-electron chi connectivity index (χ4n) is 3.10. The lowest BCUT2D eigenvalue weighted by Crippen LogP contribution is -1.99. The smallest absolute Gasteiger partial charge is 0.170 e. The van der Waals surface area contributed by atoms with Crippen LogP contribution in [0.25, 0.3) is 28.0 Å². The van der Waals surface area contributed by atoms with Crippen LogP contribution in [0.4, 0.5) is 4.39 Å². The molecule has 0 spiro atoms. The number of phenolic OH excluding ortho intramolecular Hbond substituents is 1. The maximum Gasteiger partial charge on any atom is 0.170 e. The molecule has 2 aromatic carbocycles. The lowest BCUT2D eigenvalue weighted by Gasteiger charge is -2.12. The maximum absolute atomic E-state index is 14.1. The molecule has 4 aromatic rings. The zero-order valence-electron chi connectivity index (χ0n) is 13.6. The minimum Gasteiger partial charge on any atom is -0.504 e. The van der Waals surface area contributed by atoms with Gasteiger partial charge in [0.25, 0.3) is 0 Å². The lowest BCUT2D eigenvalue weighted by molar-refractivity contribution is 0.432. The minimum absolute atomic E-state index is 0.174. The van der Waals surface area contributed by atoms with Crippen molar-refractivity contribution in [2.45, 2.75) is 0 Å². The summed E-state index contributed by atoms with van der Waals surface area (Å²) >= 11 is 5.95. The number of halogens is 2. The fraction of sp³-hybridized carbons (Fsp3) is 0. The van der Waals surface area contributed by atoms with E-state index in [1.165, 1.54) is 18.4 Å². The van der Waals surface area contributed by atoms with E-state index in [9.17, 15) is 20.0 Å². The molecule has 0 unspecified atom stereocenters. The Morgan fingerprint density at radius 2 is 1.89 bits per heavy atom. The summed E-state index contributed by atoms with van der Waals surface area (Å²) in [6.07, 6.45) is 1.35. The van der Waals surface area contributed by atoms with Crippen molar-refractivity contribution in [3.05, 3.63) is 70.7 Å². The first-order valence-electron chi connectivity index (χ1n) is 7.76. The average molecular weight is 378 g/mol. The number of benzene rings is 2. The molecule has 7 heteroatoms. The Hall–Kier alpha value is -3.74. The van der Waals surface area contributed by atoms with E-state index < -0.39 is 11.6 Å². The summed E-state index contributed by atoms with van der Waals surface area (Å²) in [6, 6.07) is 15.2. The molecule has 1 N–H and O–H groups in total. The molecule has 0 amide bonds. The molecule has 5 nitrogen and oxygen atoms in total. The van der Waals surface area contributed by atoms with Gasteiger partial charge in [0, 0.05) is 11.5 Å². The Morgan fingerprint density at radius 3 is 2.59 bits per heavy atom. The summed E-state index contributed by atoms with van der Waals surface area (Å²) in [5.41, 5.74) is 1.71. The predicted molar refractivity (Wildman–Crippen MR) is 97.0 cm³/mol. The molecule has 130 valence electrons. The van der Waals surface area contributed by atoms with Crippen molar-refractivity contribution >= 4 is 22.5 Å². The van der Waals surface area contributed by atoms with Crippen molar-refractivity contribution in [2.75, 3.05) is 0 Å². The topological polar surface area (TPSA) is 85.9 Å². The molecule has 4 rings (SSSR count). The first kappa shape index (κ1) is 16.7. The summed E-state index contributed by atoms with van der Waals surface area (Å²) in [7, 11) is 0. The van der Waals surface area contributed by atoms with E-state index >= 15 is 0 Å². The minimum atomic E-state index is -0.903. The van der Waals surface area contributed by atoms with E-state index in [0.717, 1.165) is 6.07 Å². The highest BCUT2D eigenvalue weighted by molar-refractivity contribution is 6.32.